The molecule has 0 heterocycles. The first-order valence-electron chi connectivity index (χ1n) is 6.83. The van der Waals surface area contributed by atoms with E-state index in [0.717, 1.165) is 19.3 Å². The summed E-state index contributed by atoms with van der Waals surface area (Å²) in [5.74, 6) is -0.0818. The van der Waals surface area contributed by atoms with Crippen molar-refractivity contribution in [1.82, 2.24) is 5.32 Å². The van der Waals surface area contributed by atoms with Crippen LogP contribution in [0.3, 0.4) is 0 Å². The average molecular weight is 261 g/mol. The lowest BCUT2D eigenvalue weighted by Gasteiger charge is -2.35. The molecule has 0 saturated heterocycles. The minimum absolute atomic E-state index is 0.0818. The van der Waals surface area contributed by atoms with Gasteiger partial charge in [0.15, 0.2) is 0 Å². The largest absolute Gasteiger partial charge is 0.399 e. The van der Waals surface area contributed by atoms with Gasteiger partial charge >= 0.3 is 0 Å². The maximum Gasteiger partial charge on any atom is 0.251 e. The van der Waals surface area contributed by atoms with Crippen molar-refractivity contribution in [2.45, 2.75) is 45.6 Å². The summed E-state index contributed by atoms with van der Waals surface area (Å²) in [5.41, 5.74) is 13.3. The van der Waals surface area contributed by atoms with Crippen LogP contribution >= 0.6 is 0 Å². The summed E-state index contributed by atoms with van der Waals surface area (Å²) in [7, 11) is 0. The molecule has 0 spiro atoms. The standard InChI is InChI=1S/C15H23N3O/c1-15(2)5-3-4-13(9-15)18-14(19)10-6-11(16)8-12(17)7-10/h6-8,13H,3-5,9,16-17H2,1-2H3,(H,18,19). The maximum absolute atomic E-state index is 12.2. The van der Waals surface area contributed by atoms with Crippen molar-refractivity contribution in [3.8, 4) is 0 Å². The van der Waals surface area contributed by atoms with Gasteiger partial charge < -0.3 is 16.8 Å². The molecule has 1 aliphatic rings. The van der Waals surface area contributed by atoms with E-state index in [9.17, 15) is 4.79 Å². The molecular formula is C15H23N3O. The van der Waals surface area contributed by atoms with Gasteiger partial charge in [0, 0.05) is 23.0 Å². The monoisotopic (exact) mass is 261 g/mol. The predicted octanol–water partition coefficient (Wildman–Crippen LogP) is 2.55. The third-order valence-electron chi connectivity index (χ3n) is 3.78. The first-order chi connectivity index (χ1) is 8.85. The molecule has 1 atom stereocenters. The van der Waals surface area contributed by atoms with Crippen molar-refractivity contribution in [2.24, 2.45) is 5.41 Å². The summed E-state index contributed by atoms with van der Waals surface area (Å²) in [6.45, 7) is 4.51. The van der Waals surface area contributed by atoms with Crippen LogP contribution in [-0.2, 0) is 0 Å². The van der Waals surface area contributed by atoms with Crippen LogP contribution in [-0.4, -0.2) is 11.9 Å². The number of nitrogen functional groups attached to an aromatic ring is 2. The minimum atomic E-state index is -0.0818. The molecule has 1 aromatic rings. The highest BCUT2D eigenvalue weighted by atomic mass is 16.1. The molecule has 0 bridgehead atoms. The number of rotatable bonds is 2. The zero-order chi connectivity index (χ0) is 14.0. The van der Waals surface area contributed by atoms with Crippen LogP contribution in [0.5, 0.6) is 0 Å². The maximum atomic E-state index is 12.2. The van der Waals surface area contributed by atoms with Crippen molar-refractivity contribution in [2.75, 3.05) is 11.5 Å². The Labute approximate surface area is 114 Å². The fourth-order valence-electron chi connectivity index (χ4n) is 2.90. The number of nitrogens with two attached hydrogens (primary N) is 2. The van der Waals surface area contributed by atoms with Gasteiger partial charge in [-0.2, -0.15) is 0 Å². The highest BCUT2D eigenvalue weighted by Gasteiger charge is 2.28. The first-order valence-corrected chi connectivity index (χ1v) is 6.83. The van der Waals surface area contributed by atoms with Crippen molar-refractivity contribution in [1.29, 1.82) is 0 Å². The number of carbonyl (C=O) groups excluding carboxylic acids is 1. The van der Waals surface area contributed by atoms with E-state index in [0.29, 0.717) is 22.4 Å². The van der Waals surface area contributed by atoms with Gasteiger partial charge in [0.1, 0.15) is 0 Å². The third kappa shape index (κ3) is 3.63. The van der Waals surface area contributed by atoms with Crippen LogP contribution in [0.4, 0.5) is 11.4 Å². The van der Waals surface area contributed by atoms with Crippen LogP contribution in [0.1, 0.15) is 49.9 Å². The Bertz CT molecular complexity index is 462. The van der Waals surface area contributed by atoms with Crippen LogP contribution < -0.4 is 16.8 Å². The third-order valence-corrected chi connectivity index (χ3v) is 3.78. The molecule has 1 unspecified atom stereocenters. The van der Waals surface area contributed by atoms with Crippen molar-refractivity contribution in [3.05, 3.63) is 23.8 Å². The van der Waals surface area contributed by atoms with Crippen LogP contribution in [0, 0.1) is 5.41 Å². The molecule has 4 heteroatoms. The molecule has 1 fully saturated rings. The van der Waals surface area contributed by atoms with Gasteiger partial charge in [-0.25, -0.2) is 0 Å². The number of nitrogens with one attached hydrogen (secondary N) is 1. The second-order valence-electron chi connectivity index (χ2n) is 6.32. The van der Waals surface area contributed by atoms with E-state index in [1.807, 2.05) is 0 Å². The summed E-state index contributed by atoms with van der Waals surface area (Å²) in [5, 5.41) is 3.10. The Hall–Kier alpha value is -1.71. The molecule has 0 aromatic heterocycles. The zero-order valence-corrected chi connectivity index (χ0v) is 11.7. The van der Waals surface area contributed by atoms with Crippen LogP contribution in [0.15, 0.2) is 18.2 Å². The normalized spacial score (nSPS) is 21.9. The predicted molar refractivity (Wildman–Crippen MR) is 78.8 cm³/mol. The van der Waals surface area contributed by atoms with E-state index < -0.39 is 0 Å². The quantitative estimate of drug-likeness (QED) is 0.716. The molecule has 4 nitrogen and oxygen atoms in total. The summed E-state index contributed by atoms with van der Waals surface area (Å²) in [4.78, 5) is 12.2. The highest BCUT2D eigenvalue weighted by molar-refractivity contribution is 5.96. The molecule has 2 rings (SSSR count). The zero-order valence-electron chi connectivity index (χ0n) is 11.7. The Kier molecular flexibility index (Phi) is 3.69. The number of anilines is 2. The lowest BCUT2D eigenvalue weighted by atomic mass is 9.75. The topological polar surface area (TPSA) is 81.1 Å². The summed E-state index contributed by atoms with van der Waals surface area (Å²) in [6.07, 6.45) is 4.46. The number of hydrogen-bond acceptors (Lipinski definition) is 3. The molecule has 0 aliphatic heterocycles. The number of hydrogen-bond donors (Lipinski definition) is 3. The second kappa shape index (κ2) is 5.11. The fourth-order valence-corrected chi connectivity index (χ4v) is 2.90. The van der Waals surface area contributed by atoms with Crippen LogP contribution in [0.2, 0.25) is 0 Å². The van der Waals surface area contributed by atoms with Crippen molar-refractivity contribution < 1.29 is 4.79 Å². The Morgan fingerprint density at radius 2 is 1.89 bits per heavy atom. The van der Waals surface area contributed by atoms with E-state index in [1.54, 1.807) is 18.2 Å². The fraction of sp³-hybridized carbons (Fsp3) is 0.533. The van der Waals surface area contributed by atoms with Crippen molar-refractivity contribution >= 4 is 17.3 Å². The van der Waals surface area contributed by atoms with Gasteiger partial charge in [0.25, 0.3) is 5.91 Å². The molecule has 1 aromatic carbocycles. The second-order valence-corrected chi connectivity index (χ2v) is 6.32. The number of carbonyl (C=O) groups is 1. The smallest absolute Gasteiger partial charge is 0.251 e. The summed E-state index contributed by atoms with van der Waals surface area (Å²) >= 11 is 0. The Balaban J connectivity index is 2.04. The van der Waals surface area contributed by atoms with E-state index in [1.165, 1.54) is 6.42 Å². The van der Waals surface area contributed by atoms with E-state index in [4.69, 9.17) is 11.5 Å². The highest BCUT2D eigenvalue weighted by Crippen LogP contribution is 2.35. The van der Waals surface area contributed by atoms with E-state index >= 15 is 0 Å². The number of benzene rings is 1. The van der Waals surface area contributed by atoms with Gasteiger partial charge in [-0.15, -0.1) is 0 Å². The number of amides is 1. The Morgan fingerprint density at radius 3 is 2.47 bits per heavy atom. The molecule has 1 saturated carbocycles. The molecule has 104 valence electrons. The Morgan fingerprint density at radius 1 is 1.26 bits per heavy atom. The molecule has 1 aliphatic carbocycles. The molecule has 5 N–H and O–H groups in total. The van der Waals surface area contributed by atoms with Gasteiger partial charge in [-0.1, -0.05) is 20.3 Å². The lowest BCUT2D eigenvalue weighted by molar-refractivity contribution is 0.0902. The van der Waals surface area contributed by atoms with Gasteiger partial charge in [-0.3, -0.25) is 4.79 Å². The average Bonchev–Trinajstić information content (AvgIpc) is 2.26. The summed E-state index contributed by atoms with van der Waals surface area (Å²) in [6, 6.07) is 5.23. The molecule has 19 heavy (non-hydrogen) atoms. The van der Waals surface area contributed by atoms with E-state index in [2.05, 4.69) is 19.2 Å². The van der Waals surface area contributed by atoms with Gasteiger partial charge in [0.05, 0.1) is 0 Å². The minimum Gasteiger partial charge on any atom is -0.399 e. The lowest BCUT2D eigenvalue weighted by Crippen LogP contribution is -2.40. The van der Waals surface area contributed by atoms with Crippen molar-refractivity contribution in [3.63, 3.8) is 0 Å². The molecule has 1 amide bonds. The van der Waals surface area contributed by atoms with Crippen LogP contribution in [0.25, 0.3) is 0 Å². The molecular weight excluding hydrogens is 238 g/mol. The SMILES string of the molecule is CC1(C)CCCC(NC(=O)c2cc(N)cc(N)c2)C1. The summed E-state index contributed by atoms with van der Waals surface area (Å²) < 4.78 is 0. The first kappa shape index (κ1) is 13.7. The van der Waals surface area contributed by atoms with Gasteiger partial charge in [0.2, 0.25) is 0 Å². The van der Waals surface area contributed by atoms with E-state index in [-0.39, 0.29) is 11.9 Å². The van der Waals surface area contributed by atoms with Gasteiger partial charge in [-0.05, 0) is 42.9 Å². The molecule has 0 radical (unpaired) electrons.